The van der Waals surface area contributed by atoms with Crippen LogP contribution in [0.4, 0.5) is 0 Å². The van der Waals surface area contributed by atoms with Crippen LogP contribution in [0.15, 0.2) is 55.5 Å². The van der Waals surface area contributed by atoms with Crippen molar-refractivity contribution in [2.24, 2.45) is 7.05 Å². The van der Waals surface area contributed by atoms with Gasteiger partial charge in [0.1, 0.15) is 0 Å². The summed E-state index contributed by atoms with van der Waals surface area (Å²) < 4.78 is 5.70. The van der Waals surface area contributed by atoms with Gasteiger partial charge in [0.25, 0.3) is 0 Å². The van der Waals surface area contributed by atoms with Gasteiger partial charge in [-0.1, -0.05) is 0 Å². The molecular formula is C20H19N9. The molecule has 29 heavy (non-hydrogen) atoms. The Kier molecular flexibility index (Phi) is 3.43. The van der Waals surface area contributed by atoms with Crippen molar-refractivity contribution in [2.45, 2.75) is 24.8 Å². The molecule has 9 nitrogen and oxygen atoms in total. The standard InChI is InChI=1S/C20H19N9/c1-27-10-14(8-23-27)18-12-29-19(3-5-22-29)20(25-18)15-9-24-28(11-15)16-6-13(7-16)17-2-4-21-26-17/h2-5,8-13,16H,6-7H2,1H3,(H,21,26). The van der Waals surface area contributed by atoms with E-state index in [1.165, 1.54) is 5.69 Å². The molecule has 0 radical (unpaired) electrons. The lowest BCUT2D eigenvalue weighted by molar-refractivity contribution is 0.241. The highest BCUT2D eigenvalue weighted by molar-refractivity contribution is 5.78. The maximum atomic E-state index is 4.92. The van der Waals surface area contributed by atoms with E-state index in [1.807, 2.05) is 48.6 Å². The van der Waals surface area contributed by atoms with Gasteiger partial charge in [-0.2, -0.15) is 20.4 Å². The molecule has 1 aliphatic rings. The summed E-state index contributed by atoms with van der Waals surface area (Å²) in [6.07, 6.45) is 15.4. The van der Waals surface area contributed by atoms with Gasteiger partial charge in [0.2, 0.25) is 0 Å². The molecule has 0 atom stereocenters. The van der Waals surface area contributed by atoms with Gasteiger partial charge >= 0.3 is 0 Å². The third-order valence-electron chi connectivity index (χ3n) is 5.71. The molecule has 0 saturated heterocycles. The topological polar surface area (TPSA) is 94.5 Å². The lowest BCUT2D eigenvalue weighted by Gasteiger charge is -2.34. The highest BCUT2D eigenvalue weighted by atomic mass is 15.3. The summed E-state index contributed by atoms with van der Waals surface area (Å²) in [5, 5.41) is 20.4. The average Bonchev–Trinajstić information content (AvgIpc) is 3.47. The van der Waals surface area contributed by atoms with Crippen LogP contribution in [-0.2, 0) is 7.05 Å². The SMILES string of the molecule is Cn1cc(-c2cn3nccc3c(-c3cnn(C4CC(c5ccn[nH]5)C4)c3)n2)cn1. The van der Waals surface area contributed by atoms with E-state index in [0.29, 0.717) is 12.0 Å². The van der Waals surface area contributed by atoms with E-state index in [4.69, 9.17) is 4.98 Å². The largest absolute Gasteiger partial charge is 0.282 e. The first-order valence-corrected chi connectivity index (χ1v) is 9.62. The second-order valence-electron chi connectivity index (χ2n) is 7.58. The van der Waals surface area contributed by atoms with Gasteiger partial charge in [0, 0.05) is 48.4 Å². The van der Waals surface area contributed by atoms with Gasteiger partial charge in [0.15, 0.2) is 0 Å². The van der Waals surface area contributed by atoms with Crippen LogP contribution in [0.3, 0.4) is 0 Å². The van der Waals surface area contributed by atoms with E-state index < -0.39 is 0 Å². The Balaban J connectivity index is 1.33. The van der Waals surface area contributed by atoms with Crippen molar-refractivity contribution in [3.05, 3.63) is 61.2 Å². The summed E-state index contributed by atoms with van der Waals surface area (Å²) in [5.74, 6) is 0.531. The Bertz CT molecular complexity index is 1280. The third-order valence-corrected chi connectivity index (χ3v) is 5.71. The van der Waals surface area contributed by atoms with Crippen LogP contribution in [0.1, 0.15) is 30.5 Å². The van der Waals surface area contributed by atoms with Gasteiger partial charge in [-0.05, 0) is 25.0 Å². The summed E-state index contributed by atoms with van der Waals surface area (Å²) in [7, 11) is 1.90. The Morgan fingerprint density at radius 3 is 2.66 bits per heavy atom. The molecule has 1 aliphatic carbocycles. The fourth-order valence-electron chi connectivity index (χ4n) is 4.04. The zero-order valence-electron chi connectivity index (χ0n) is 15.8. The van der Waals surface area contributed by atoms with Crippen LogP contribution in [0.2, 0.25) is 0 Å². The molecule has 5 aromatic rings. The predicted octanol–water partition coefficient (Wildman–Crippen LogP) is 2.84. The second kappa shape index (κ2) is 6.13. The van der Waals surface area contributed by atoms with Crippen molar-refractivity contribution < 1.29 is 0 Å². The van der Waals surface area contributed by atoms with E-state index >= 15 is 0 Å². The molecule has 1 fully saturated rings. The van der Waals surface area contributed by atoms with Crippen LogP contribution >= 0.6 is 0 Å². The van der Waals surface area contributed by atoms with Gasteiger partial charge in [-0.3, -0.25) is 14.5 Å². The third kappa shape index (κ3) is 2.65. The van der Waals surface area contributed by atoms with E-state index in [9.17, 15) is 0 Å². The van der Waals surface area contributed by atoms with Crippen molar-refractivity contribution in [3.8, 4) is 22.5 Å². The smallest absolute Gasteiger partial charge is 0.0999 e. The molecule has 144 valence electrons. The van der Waals surface area contributed by atoms with Gasteiger partial charge in [0.05, 0.1) is 47.7 Å². The lowest BCUT2D eigenvalue weighted by atomic mass is 9.78. The number of aromatic amines is 1. The number of fused-ring (bicyclic) bond motifs is 1. The number of hydrogen-bond donors (Lipinski definition) is 1. The zero-order valence-corrected chi connectivity index (χ0v) is 15.8. The van der Waals surface area contributed by atoms with Crippen LogP contribution < -0.4 is 0 Å². The number of aryl methyl sites for hydroxylation is 1. The highest BCUT2D eigenvalue weighted by Gasteiger charge is 2.33. The molecule has 0 aliphatic heterocycles. The summed E-state index contributed by atoms with van der Waals surface area (Å²) in [6, 6.07) is 4.43. The summed E-state index contributed by atoms with van der Waals surface area (Å²) in [5.41, 5.74) is 5.83. The normalized spacial score (nSPS) is 18.9. The van der Waals surface area contributed by atoms with Crippen molar-refractivity contribution in [1.82, 2.24) is 44.4 Å². The first-order valence-electron chi connectivity index (χ1n) is 9.62. The Morgan fingerprint density at radius 1 is 0.966 bits per heavy atom. The predicted molar refractivity (Wildman–Crippen MR) is 106 cm³/mol. The quantitative estimate of drug-likeness (QED) is 0.513. The second-order valence-corrected chi connectivity index (χ2v) is 7.58. The fraction of sp³-hybridized carbons (Fsp3) is 0.250. The number of nitrogens with one attached hydrogen (secondary N) is 1. The molecule has 0 amide bonds. The minimum absolute atomic E-state index is 0.402. The van der Waals surface area contributed by atoms with E-state index in [0.717, 1.165) is 40.9 Å². The molecule has 5 heterocycles. The van der Waals surface area contributed by atoms with Crippen molar-refractivity contribution in [3.63, 3.8) is 0 Å². The first kappa shape index (κ1) is 16.2. The maximum absolute atomic E-state index is 4.92. The Hall–Kier alpha value is -3.75. The fourth-order valence-corrected chi connectivity index (χ4v) is 4.04. The molecule has 0 aromatic carbocycles. The summed E-state index contributed by atoms with van der Waals surface area (Å²) >= 11 is 0. The van der Waals surface area contributed by atoms with Crippen molar-refractivity contribution in [2.75, 3.05) is 0 Å². The minimum atomic E-state index is 0.402. The van der Waals surface area contributed by atoms with Gasteiger partial charge in [-0.15, -0.1) is 0 Å². The molecule has 5 aromatic heterocycles. The molecule has 1 N–H and O–H groups in total. The molecule has 0 bridgehead atoms. The van der Waals surface area contributed by atoms with Crippen LogP contribution in [0.5, 0.6) is 0 Å². The number of hydrogen-bond acceptors (Lipinski definition) is 5. The van der Waals surface area contributed by atoms with Crippen LogP contribution in [0.25, 0.3) is 28.0 Å². The van der Waals surface area contributed by atoms with Gasteiger partial charge in [-0.25, -0.2) is 9.50 Å². The molecular weight excluding hydrogens is 366 g/mol. The van der Waals surface area contributed by atoms with E-state index in [1.54, 1.807) is 10.9 Å². The molecule has 9 heteroatoms. The molecule has 0 spiro atoms. The van der Waals surface area contributed by atoms with E-state index in [-0.39, 0.29) is 0 Å². The average molecular weight is 385 g/mol. The number of nitrogens with zero attached hydrogens (tertiary/aromatic N) is 8. The Morgan fingerprint density at radius 2 is 1.86 bits per heavy atom. The molecule has 1 saturated carbocycles. The maximum Gasteiger partial charge on any atom is 0.0999 e. The molecule has 0 unspecified atom stereocenters. The van der Waals surface area contributed by atoms with Crippen LogP contribution in [-0.4, -0.2) is 44.4 Å². The van der Waals surface area contributed by atoms with Crippen molar-refractivity contribution >= 4 is 5.52 Å². The minimum Gasteiger partial charge on any atom is -0.282 e. The zero-order chi connectivity index (χ0) is 19.4. The summed E-state index contributed by atoms with van der Waals surface area (Å²) in [4.78, 5) is 4.92. The molecule has 6 rings (SSSR count). The first-order chi connectivity index (χ1) is 14.2. The lowest BCUT2D eigenvalue weighted by Crippen LogP contribution is -2.25. The summed E-state index contributed by atoms with van der Waals surface area (Å²) in [6.45, 7) is 0. The number of aromatic nitrogens is 9. The van der Waals surface area contributed by atoms with Gasteiger partial charge < -0.3 is 0 Å². The van der Waals surface area contributed by atoms with Crippen molar-refractivity contribution in [1.29, 1.82) is 0 Å². The number of H-pyrrole nitrogens is 1. The van der Waals surface area contributed by atoms with Crippen LogP contribution in [0, 0.1) is 0 Å². The highest BCUT2D eigenvalue weighted by Crippen LogP contribution is 2.44. The number of rotatable bonds is 4. The van der Waals surface area contributed by atoms with E-state index in [2.05, 4.69) is 42.4 Å². The monoisotopic (exact) mass is 385 g/mol. The Labute approximate surface area is 166 Å².